The average Bonchev–Trinajstić information content (AvgIpc) is 3.18. The highest BCUT2D eigenvalue weighted by Crippen LogP contribution is 2.66. The second-order valence-corrected chi connectivity index (χ2v) is 13.7. The Balaban J connectivity index is 1.55. The van der Waals surface area contributed by atoms with Gasteiger partial charge in [-0.15, -0.1) is 0 Å². The van der Waals surface area contributed by atoms with Gasteiger partial charge in [-0.1, -0.05) is 57.9 Å². The Labute approximate surface area is 235 Å². The van der Waals surface area contributed by atoms with Crippen LogP contribution in [0.1, 0.15) is 107 Å². The van der Waals surface area contributed by atoms with E-state index in [9.17, 15) is 14.4 Å². The quantitative estimate of drug-likeness (QED) is 0.244. The number of rotatable bonds is 8. The largest absolute Gasteiger partial charge is 0.462 e. The van der Waals surface area contributed by atoms with E-state index < -0.39 is 0 Å². The number of esters is 3. The lowest BCUT2D eigenvalue weighted by Crippen LogP contribution is -2.54. The summed E-state index contributed by atoms with van der Waals surface area (Å²) in [5.41, 5.74) is 2.75. The summed E-state index contributed by atoms with van der Waals surface area (Å²) in [4.78, 5) is 35.5. The SMILES string of the molecule is CC(=O)O[C@@H]1CC2=CC=C3[C@@H]4CC[C@H]([C@H](C)CC[C@H](OC(C)=O)C(C)C)[C@@]4(C)CC[C@@H]3[C@@]2(C)[C@@H](OC(C)=O)C1. The van der Waals surface area contributed by atoms with Crippen LogP contribution in [0.2, 0.25) is 0 Å². The maximum absolute atomic E-state index is 12.2. The molecule has 0 N–H and O–H groups in total. The monoisotopic (exact) mass is 542 g/mol. The summed E-state index contributed by atoms with van der Waals surface area (Å²) in [6.07, 6.45) is 11.9. The Kier molecular flexibility index (Phi) is 8.73. The summed E-state index contributed by atoms with van der Waals surface area (Å²) in [7, 11) is 0. The zero-order chi connectivity index (χ0) is 28.7. The number of carbonyl (C=O) groups is 3. The van der Waals surface area contributed by atoms with Crippen LogP contribution in [-0.2, 0) is 28.6 Å². The fourth-order valence-corrected chi connectivity index (χ4v) is 9.05. The Hall–Kier alpha value is -2.11. The molecule has 0 amide bonds. The van der Waals surface area contributed by atoms with E-state index in [1.807, 2.05) is 0 Å². The standard InChI is InChI=1S/C33H50O6/c1-19(2)30(38-22(5)35)14-9-20(3)27-12-13-28-26-11-10-24-17-25(37-21(4)34)18-31(39-23(6)36)33(24,8)29(26)15-16-32(27,28)7/h10-11,19-20,25,27-31H,9,12-18H2,1-8H3/t20-,25-,27-,28+,29+,30+,31+,32-,33+/m1/s1. The van der Waals surface area contributed by atoms with E-state index in [-0.39, 0.29) is 47.0 Å². The van der Waals surface area contributed by atoms with Crippen molar-refractivity contribution in [1.29, 1.82) is 0 Å². The summed E-state index contributed by atoms with van der Waals surface area (Å²) in [5, 5.41) is 0. The Bertz CT molecular complexity index is 1030. The van der Waals surface area contributed by atoms with Crippen molar-refractivity contribution in [3.05, 3.63) is 23.3 Å². The third kappa shape index (κ3) is 5.72. The molecule has 4 aliphatic carbocycles. The molecule has 3 fully saturated rings. The van der Waals surface area contributed by atoms with Gasteiger partial charge >= 0.3 is 17.9 Å². The molecule has 0 saturated heterocycles. The number of carbonyl (C=O) groups excluding carboxylic acids is 3. The van der Waals surface area contributed by atoms with E-state index in [4.69, 9.17) is 14.2 Å². The van der Waals surface area contributed by atoms with Crippen molar-refractivity contribution in [1.82, 2.24) is 0 Å². The first-order chi connectivity index (χ1) is 18.3. The first kappa shape index (κ1) is 29.9. The minimum Gasteiger partial charge on any atom is -0.462 e. The summed E-state index contributed by atoms with van der Waals surface area (Å²) < 4.78 is 17.2. The molecular weight excluding hydrogens is 492 g/mol. The Morgan fingerprint density at radius 1 is 0.897 bits per heavy atom. The number of allylic oxidation sites excluding steroid dienone is 3. The second kappa shape index (κ2) is 11.4. The van der Waals surface area contributed by atoms with Gasteiger partial charge in [-0.2, -0.15) is 0 Å². The summed E-state index contributed by atoms with van der Waals surface area (Å²) >= 11 is 0. The molecule has 0 aliphatic heterocycles. The molecule has 0 aromatic heterocycles. The Morgan fingerprint density at radius 2 is 1.59 bits per heavy atom. The van der Waals surface area contributed by atoms with Crippen molar-refractivity contribution in [3.63, 3.8) is 0 Å². The van der Waals surface area contributed by atoms with Crippen molar-refractivity contribution < 1.29 is 28.6 Å². The van der Waals surface area contributed by atoms with E-state index in [1.54, 1.807) is 0 Å². The fraction of sp³-hybridized carbons (Fsp3) is 0.788. The minimum atomic E-state index is -0.303. The van der Waals surface area contributed by atoms with E-state index in [0.717, 1.165) is 25.7 Å². The summed E-state index contributed by atoms with van der Waals surface area (Å²) in [6.45, 7) is 15.9. The third-order valence-corrected chi connectivity index (χ3v) is 11.0. The topological polar surface area (TPSA) is 78.9 Å². The van der Waals surface area contributed by atoms with Gasteiger partial charge < -0.3 is 14.2 Å². The van der Waals surface area contributed by atoms with Crippen molar-refractivity contribution in [2.75, 3.05) is 0 Å². The van der Waals surface area contributed by atoms with Gasteiger partial charge in [0.25, 0.3) is 0 Å². The maximum atomic E-state index is 12.2. The van der Waals surface area contributed by atoms with Gasteiger partial charge in [0.1, 0.15) is 18.3 Å². The molecule has 0 heterocycles. The van der Waals surface area contributed by atoms with Crippen LogP contribution in [0, 0.1) is 40.4 Å². The molecule has 3 saturated carbocycles. The molecule has 0 aromatic rings. The average molecular weight is 543 g/mol. The zero-order valence-electron chi connectivity index (χ0n) is 25.4. The van der Waals surface area contributed by atoms with Crippen LogP contribution in [0.3, 0.4) is 0 Å². The van der Waals surface area contributed by atoms with Gasteiger partial charge in [0.05, 0.1) is 0 Å². The lowest BCUT2D eigenvalue weighted by Gasteiger charge is -2.57. The van der Waals surface area contributed by atoms with Crippen molar-refractivity contribution in [3.8, 4) is 0 Å². The maximum Gasteiger partial charge on any atom is 0.302 e. The van der Waals surface area contributed by atoms with Crippen LogP contribution in [0.15, 0.2) is 23.3 Å². The number of hydrogen-bond acceptors (Lipinski definition) is 6. The number of hydrogen-bond donors (Lipinski definition) is 0. The van der Waals surface area contributed by atoms with Crippen molar-refractivity contribution >= 4 is 17.9 Å². The van der Waals surface area contributed by atoms with Gasteiger partial charge in [0.2, 0.25) is 0 Å². The molecule has 4 aliphatic rings. The normalized spacial score (nSPS) is 36.9. The van der Waals surface area contributed by atoms with Crippen LogP contribution in [0.4, 0.5) is 0 Å². The molecule has 6 nitrogen and oxygen atoms in total. The molecule has 218 valence electrons. The van der Waals surface area contributed by atoms with Gasteiger partial charge in [0.15, 0.2) is 0 Å². The van der Waals surface area contributed by atoms with Crippen LogP contribution in [0.5, 0.6) is 0 Å². The van der Waals surface area contributed by atoms with Crippen LogP contribution in [0.25, 0.3) is 0 Å². The molecule has 0 unspecified atom stereocenters. The zero-order valence-corrected chi connectivity index (χ0v) is 25.4. The molecule has 0 aromatic carbocycles. The summed E-state index contributed by atoms with van der Waals surface area (Å²) in [6, 6.07) is 0. The smallest absolute Gasteiger partial charge is 0.302 e. The van der Waals surface area contributed by atoms with Crippen LogP contribution >= 0.6 is 0 Å². The Morgan fingerprint density at radius 3 is 2.21 bits per heavy atom. The predicted octanol–water partition coefficient (Wildman–Crippen LogP) is 6.96. The molecule has 0 spiro atoms. The minimum absolute atomic E-state index is 0.0180. The number of fused-ring (bicyclic) bond motifs is 5. The third-order valence-electron chi connectivity index (χ3n) is 11.0. The van der Waals surface area contributed by atoms with Crippen molar-refractivity contribution in [2.45, 2.75) is 125 Å². The highest BCUT2D eigenvalue weighted by atomic mass is 16.6. The molecule has 0 radical (unpaired) electrons. The highest BCUT2D eigenvalue weighted by molar-refractivity contribution is 5.67. The van der Waals surface area contributed by atoms with Crippen LogP contribution < -0.4 is 0 Å². The lowest BCUT2D eigenvalue weighted by molar-refractivity contribution is -0.165. The second-order valence-electron chi connectivity index (χ2n) is 13.7. The molecule has 4 rings (SSSR count). The van der Waals surface area contributed by atoms with Gasteiger partial charge in [-0.05, 0) is 73.5 Å². The molecular formula is C33H50O6. The van der Waals surface area contributed by atoms with Crippen molar-refractivity contribution in [2.24, 2.45) is 40.4 Å². The summed E-state index contributed by atoms with van der Waals surface area (Å²) in [5.74, 6) is 1.63. The number of ether oxygens (including phenoxy) is 3. The molecule has 6 heteroatoms. The molecule has 0 bridgehead atoms. The van der Waals surface area contributed by atoms with Gasteiger partial charge in [0, 0.05) is 39.0 Å². The highest BCUT2D eigenvalue weighted by Gasteiger charge is 2.60. The van der Waals surface area contributed by atoms with E-state index in [1.165, 1.54) is 44.8 Å². The van der Waals surface area contributed by atoms with E-state index in [0.29, 0.717) is 42.4 Å². The van der Waals surface area contributed by atoms with Crippen LogP contribution in [-0.4, -0.2) is 36.2 Å². The first-order valence-corrected chi connectivity index (χ1v) is 15.2. The van der Waals surface area contributed by atoms with Gasteiger partial charge in [-0.3, -0.25) is 14.4 Å². The van der Waals surface area contributed by atoms with E-state index >= 15 is 0 Å². The van der Waals surface area contributed by atoms with Gasteiger partial charge in [-0.25, -0.2) is 0 Å². The predicted molar refractivity (Wildman–Crippen MR) is 150 cm³/mol. The molecule has 9 atom stereocenters. The molecule has 39 heavy (non-hydrogen) atoms. The first-order valence-electron chi connectivity index (χ1n) is 15.2. The lowest BCUT2D eigenvalue weighted by atomic mass is 9.49. The van der Waals surface area contributed by atoms with E-state index in [2.05, 4.69) is 46.8 Å². The fourth-order valence-electron chi connectivity index (χ4n) is 9.05.